The first-order valence-electron chi connectivity index (χ1n) is 9.75. The number of hydrogen-bond acceptors (Lipinski definition) is 3. The van der Waals surface area contributed by atoms with Gasteiger partial charge in [-0.25, -0.2) is 0 Å². The maximum Gasteiger partial charge on any atom is 0.306 e. The Morgan fingerprint density at radius 1 is 0.607 bits per heavy atom. The Hall–Kier alpha value is -3.07. The molecule has 3 aromatic rings. The lowest BCUT2D eigenvalue weighted by Crippen LogP contribution is -2.08. The Morgan fingerprint density at radius 3 is 1.75 bits per heavy atom. The third-order valence-electron chi connectivity index (χ3n) is 4.54. The molecule has 0 amide bonds. The van der Waals surface area contributed by atoms with Crippen molar-refractivity contribution in [3.8, 4) is 5.75 Å². The molecule has 0 fully saturated rings. The molecule has 3 heteroatoms. The molecule has 28 heavy (non-hydrogen) atoms. The number of esters is 1. The van der Waals surface area contributed by atoms with Crippen molar-refractivity contribution in [1.29, 1.82) is 0 Å². The van der Waals surface area contributed by atoms with Crippen LogP contribution in [-0.2, 0) is 28.8 Å². The fourth-order valence-corrected chi connectivity index (χ4v) is 2.93. The van der Waals surface area contributed by atoms with Gasteiger partial charge in [-0.2, -0.15) is 0 Å². The number of hydrogen-bond donors (Lipinski definition) is 0. The highest BCUT2D eigenvalue weighted by molar-refractivity contribution is 5.69. The zero-order chi connectivity index (χ0) is 19.4. The second-order valence-corrected chi connectivity index (χ2v) is 6.68. The summed E-state index contributed by atoms with van der Waals surface area (Å²) in [6.07, 6.45) is 2.70. The van der Waals surface area contributed by atoms with E-state index in [4.69, 9.17) is 9.47 Å². The molecule has 0 bridgehead atoms. The normalized spacial score (nSPS) is 10.4. The Morgan fingerprint density at radius 2 is 1.14 bits per heavy atom. The number of ether oxygens (including phenoxy) is 2. The largest absolute Gasteiger partial charge is 0.493 e. The summed E-state index contributed by atoms with van der Waals surface area (Å²) in [5.74, 6) is 0.698. The summed E-state index contributed by atoms with van der Waals surface area (Å²) < 4.78 is 11.1. The van der Waals surface area contributed by atoms with Gasteiger partial charge in [-0.15, -0.1) is 0 Å². The molecule has 0 radical (unpaired) electrons. The van der Waals surface area contributed by atoms with Gasteiger partial charge in [0, 0.05) is 19.3 Å². The van der Waals surface area contributed by atoms with Crippen LogP contribution in [0.3, 0.4) is 0 Å². The standard InChI is InChI=1S/C25H26O3/c26-25(28-20-18-22-9-5-2-6-10-22)16-13-23-11-14-24(15-12-23)27-19-17-21-7-3-1-4-8-21/h1-12,14-15H,13,16-20H2. The third kappa shape index (κ3) is 6.92. The van der Waals surface area contributed by atoms with Crippen molar-refractivity contribution in [2.24, 2.45) is 0 Å². The van der Waals surface area contributed by atoms with Crippen molar-refractivity contribution in [2.45, 2.75) is 25.7 Å². The molecule has 0 spiro atoms. The van der Waals surface area contributed by atoms with Crippen molar-refractivity contribution < 1.29 is 14.3 Å². The second kappa shape index (κ2) is 10.9. The fourth-order valence-electron chi connectivity index (χ4n) is 2.93. The fraction of sp³-hybridized carbons (Fsp3) is 0.240. The Labute approximate surface area is 166 Å². The zero-order valence-corrected chi connectivity index (χ0v) is 16.1. The quantitative estimate of drug-likeness (QED) is 0.467. The molecule has 0 saturated carbocycles. The van der Waals surface area contributed by atoms with E-state index in [9.17, 15) is 4.79 Å². The van der Waals surface area contributed by atoms with Crippen LogP contribution in [-0.4, -0.2) is 19.2 Å². The lowest BCUT2D eigenvalue weighted by Gasteiger charge is -2.08. The highest BCUT2D eigenvalue weighted by atomic mass is 16.5. The minimum Gasteiger partial charge on any atom is -0.493 e. The Kier molecular flexibility index (Phi) is 7.68. The van der Waals surface area contributed by atoms with Crippen LogP contribution in [0, 0.1) is 0 Å². The van der Waals surface area contributed by atoms with E-state index in [1.54, 1.807) is 0 Å². The molecule has 0 N–H and O–H groups in total. The molecule has 3 rings (SSSR count). The van der Waals surface area contributed by atoms with Gasteiger partial charge in [0.15, 0.2) is 0 Å². The van der Waals surface area contributed by atoms with Crippen LogP contribution in [0.4, 0.5) is 0 Å². The lowest BCUT2D eigenvalue weighted by molar-refractivity contribution is -0.143. The summed E-state index contributed by atoms with van der Waals surface area (Å²) >= 11 is 0. The van der Waals surface area contributed by atoms with Crippen molar-refractivity contribution in [3.05, 3.63) is 102 Å². The van der Waals surface area contributed by atoms with Gasteiger partial charge in [0.05, 0.1) is 13.2 Å². The molecule has 0 aliphatic heterocycles. The first kappa shape index (κ1) is 19.7. The minimum absolute atomic E-state index is 0.154. The topological polar surface area (TPSA) is 35.5 Å². The van der Waals surface area contributed by atoms with Gasteiger partial charge >= 0.3 is 5.97 Å². The highest BCUT2D eigenvalue weighted by Gasteiger charge is 2.05. The van der Waals surface area contributed by atoms with Crippen LogP contribution in [0.2, 0.25) is 0 Å². The van der Waals surface area contributed by atoms with Crippen molar-refractivity contribution >= 4 is 5.97 Å². The summed E-state index contributed by atoms with van der Waals surface area (Å²) in [5, 5.41) is 0. The molecule has 3 aromatic carbocycles. The molecule has 0 aliphatic rings. The van der Waals surface area contributed by atoms with E-state index in [2.05, 4.69) is 12.1 Å². The SMILES string of the molecule is O=C(CCc1ccc(OCCc2ccccc2)cc1)OCCc1ccccc1. The van der Waals surface area contributed by atoms with Gasteiger partial charge in [-0.1, -0.05) is 72.8 Å². The highest BCUT2D eigenvalue weighted by Crippen LogP contribution is 2.14. The summed E-state index contributed by atoms with van der Waals surface area (Å²) in [5.41, 5.74) is 3.55. The summed E-state index contributed by atoms with van der Waals surface area (Å²) in [4.78, 5) is 11.9. The molecule has 0 unspecified atom stereocenters. The van der Waals surface area contributed by atoms with Gasteiger partial charge < -0.3 is 9.47 Å². The number of rotatable bonds is 10. The maximum atomic E-state index is 11.9. The van der Waals surface area contributed by atoms with Crippen LogP contribution in [0.15, 0.2) is 84.9 Å². The summed E-state index contributed by atoms with van der Waals surface area (Å²) in [7, 11) is 0. The van der Waals surface area contributed by atoms with Crippen LogP contribution >= 0.6 is 0 Å². The summed E-state index contributed by atoms with van der Waals surface area (Å²) in [6, 6.07) is 28.3. The van der Waals surface area contributed by atoms with Crippen LogP contribution in [0.5, 0.6) is 5.75 Å². The number of carbonyl (C=O) groups is 1. The van der Waals surface area contributed by atoms with Gasteiger partial charge in [0.1, 0.15) is 5.75 Å². The molecular formula is C25H26O3. The van der Waals surface area contributed by atoms with E-state index in [1.807, 2.05) is 72.8 Å². The van der Waals surface area contributed by atoms with E-state index >= 15 is 0 Å². The van der Waals surface area contributed by atoms with Crippen molar-refractivity contribution in [1.82, 2.24) is 0 Å². The Balaban J connectivity index is 1.33. The van der Waals surface area contributed by atoms with Crippen LogP contribution in [0.25, 0.3) is 0 Å². The molecule has 3 nitrogen and oxygen atoms in total. The van der Waals surface area contributed by atoms with E-state index < -0.39 is 0 Å². The molecule has 0 heterocycles. The van der Waals surface area contributed by atoms with E-state index in [-0.39, 0.29) is 5.97 Å². The average molecular weight is 374 g/mol. The maximum absolute atomic E-state index is 11.9. The molecular weight excluding hydrogens is 348 g/mol. The minimum atomic E-state index is -0.154. The van der Waals surface area contributed by atoms with Crippen LogP contribution < -0.4 is 4.74 Å². The average Bonchev–Trinajstić information content (AvgIpc) is 2.75. The third-order valence-corrected chi connectivity index (χ3v) is 4.54. The van der Waals surface area contributed by atoms with E-state index in [1.165, 1.54) is 11.1 Å². The van der Waals surface area contributed by atoms with Gasteiger partial charge in [0.25, 0.3) is 0 Å². The first-order chi connectivity index (χ1) is 13.8. The molecule has 0 aromatic heterocycles. The number of benzene rings is 3. The van der Waals surface area contributed by atoms with Crippen molar-refractivity contribution in [2.75, 3.05) is 13.2 Å². The smallest absolute Gasteiger partial charge is 0.306 e. The summed E-state index contributed by atoms with van der Waals surface area (Å²) in [6.45, 7) is 1.08. The van der Waals surface area contributed by atoms with Crippen molar-refractivity contribution in [3.63, 3.8) is 0 Å². The number of aryl methyl sites for hydroxylation is 1. The van der Waals surface area contributed by atoms with Gasteiger partial charge in [-0.3, -0.25) is 4.79 Å². The predicted molar refractivity (Wildman–Crippen MR) is 112 cm³/mol. The number of carbonyl (C=O) groups excluding carboxylic acids is 1. The van der Waals surface area contributed by atoms with Crippen LogP contribution in [0.1, 0.15) is 23.1 Å². The monoisotopic (exact) mass is 374 g/mol. The second-order valence-electron chi connectivity index (χ2n) is 6.68. The van der Waals surface area contributed by atoms with E-state index in [0.717, 1.165) is 24.2 Å². The molecule has 144 valence electrons. The predicted octanol–water partition coefficient (Wildman–Crippen LogP) is 5.03. The molecule has 0 atom stereocenters. The lowest BCUT2D eigenvalue weighted by atomic mass is 10.1. The zero-order valence-electron chi connectivity index (χ0n) is 16.1. The molecule has 0 aliphatic carbocycles. The molecule has 0 saturated heterocycles. The Bertz CT molecular complexity index is 827. The van der Waals surface area contributed by atoms with E-state index in [0.29, 0.717) is 26.1 Å². The van der Waals surface area contributed by atoms with Gasteiger partial charge in [-0.05, 0) is 35.2 Å². The van der Waals surface area contributed by atoms with Gasteiger partial charge in [0.2, 0.25) is 0 Å². The first-order valence-corrected chi connectivity index (χ1v) is 9.75.